The third kappa shape index (κ3) is 6.07. The molecule has 1 amide bonds. The predicted molar refractivity (Wildman–Crippen MR) is 159 cm³/mol. The number of nitrogens with one attached hydrogen (secondary N) is 1. The molecule has 3 aliphatic heterocycles. The molecule has 6 heterocycles. The van der Waals surface area contributed by atoms with Crippen LogP contribution in [0.2, 0.25) is 0 Å². The molecule has 3 saturated heterocycles. The molecular formula is C21H27N9O11P2S2. The van der Waals surface area contributed by atoms with Gasteiger partial charge in [0.25, 0.3) is 5.91 Å². The predicted octanol–water partition coefficient (Wildman–Crippen LogP) is -0.415. The van der Waals surface area contributed by atoms with Crippen LogP contribution in [0.1, 0.15) is 22.9 Å². The zero-order valence-electron chi connectivity index (χ0n) is 23.0. The number of hydrogen-bond acceptors (Lipinski definition) is 17. The minimum atomic E-state index is -4.30. The number of hydrogen-bond donors (Lipinski definition) is 6. The van der Waals surface area contributed by atoms with Gasteiger partial charge in [0.2, 0.25) is 0 Å². The van der Waals surface area contributed by atoms with E-state index in [9.17, 15) is 24.5 Å². The summed E-state index contributed by atoms with van der Waals surface area (Å²) in [7, 11) is 1.40. The summed E-state index contributed by atoms with van der Waals surface area (Å²) in [6, 6.07) is 0. The normalized spacial score (nSPS) is 37.4. The largest absolute Gasteiger partial charge is 0.386 e. The van der Waals surface area contributed by atoms with Crippen LogP contribution >= 0.6 is 25.8 Å². The number of imidazole rings is 2. The van der Waals surface area contributed by atoms with Gasteiger partial charge in [-0.2, -0.15) is 0 Å². The average Bonchev–Trinajstić information content (AvgIpc) is 3.75. The quantitative estimate of drug-likeness (QED) is 0.114. The monoisotopic (exact) mass is 707 g/mol. The van der Waals surface area contributed by atoms with Crippen molar-refractivity contribution in [3.8, 4) is 0 Å². The lowest BCUT2D eigenvalue weighted by molar-refractivity contribution is -0.0581. The Bertz CT molecular complexity index is 1730. The summed E-state index contributed by atoms with van der Waals surface area (Å²) in [4.78, 5) is 43.3. The number of anilines is 1. The van der Waals surface area contributed by atoms with Crippen LogP contribution in [0.15, 0.2) is 24.0 Å². The van der Waals surface area contributed by atoms with Gasteiger partial charge in [-0.1, -0.05) is 12.2 Å². The number of nitrogen functional groups attached to an aromatic ring is 1. The Hall–Kier alpha value is -2.43. The molecule has 20 nitrogen and oxygen atoms in total. The van der Waals surface area contributed by atoms with Gasteiger partial charge in [0.05, 0.1) is 25.9 Å². The topological polar surface area (TPSA) is 262 Å². The Labute approximate surface area is 263 Å². The summed E-state index contributed by atoms with van der Waals surface area (Å²) in [5.41, 5.74) is 6.25. The van der Waals surface area contributed by atoms with E-state index in [1.807, 2.05) is 0 Å². The number of nitrogens with two attached hydrogens (primary N) is 1. The van der Waals surface area contributed by atoms with Crippen LogP contribution in [0.4, 0.5) is 11.6 Å². The average molecular weight is 708 g/mol. The van der Waals surface area contributed by atoms with Crippen molar-refractivity contribution in [2.75, 3.05) is 26.0 Å². The number of aliphatic imine (C=N–C) groups is 1. The van der Waals surface area contributed by atoms with Crippen molar-refractivity contribution < 1.29 is 52.0 Å². The van der Waals surface area contributed by atoms with Gasteiger partial charge < -0.3 is 40.2 Å². The number of aliphatic hydroxyl groups is 2. The molecule has 0 bridgehead atoms. The number of nitrogens with zero attached hydrogens (tertiary/aromatic N) is 7. The van der Waals surface area contributed by atoms with Crippen molar-refractivity contribution in [1.82, 2.24) is 34.4 Å². The van der Waals surface area contributed by atoms with E-state index in [-0.39, 0.29) is 28.5 Å². The second-order valence-electron chi connectivity index (χ2n) is 9.92. The lowest BCUT2D eigenvalue weighted by atomic mass is 10.1. The second-order valence-corrected chi connectivity index (χ2v) is 15.6. The molecule has 6 rings (SSSR count). The number of aliphatic hydroxyl groups excluding tert-OH is 2. The number of thiol groups is 1. The molecule has 0 aromatic carbocycles. The van der Waals surface area contributed by atoms with Gasteiger partial charge in [-0.25, -0.2) is 29.5 Å². The van der Waals surface area contributed by atoms with E-state index < -0.39 is 81.7 Å². The first-order valence-corrected chi connectivity index (χ1v) is 18.3. The lowest BCUT2D eigenvalue weighted by Gasteiger charge is -2.29. The van der Waals surface area contributed by atoms with E-state index in [1.54, 1.807) is 0 Å². The van der Waals surface area contributed by atoms with Crippen molar-refractivity contribution in [3.05, 3.63) is 24.7 Å². The van der Waals surface area contributed by atoms with E-state index in [4.69, 9.17) is 45.1 Å². The van der Waals surface area contributed by atoms with Gasteiger partial charge in [0, 0.05) is 7.05 Å². The molecule has 0 saturated carbocycles. The standard InChI is InChI=1S/C21H27N9O11P2S2/c1-23-17-11(19(33)24-2)28-7-29(17)20-12(31)14-8(38-20)3-36-43(35,45)41-15-9(4-37-42(34,44)40-14)39-21(13(15)32)30-6-27-10-16(22)25-5-26-18(10)30/h5-9,12-15,20-21,31-32H,1,3-4H2,2H3,(H,24,33)(H,34,44)(H,35,45)(H2,22,25,26)/t8?,9?,12-,13-,14-,15-,20?,21?,42?,43?/m1/s1. The van der Waals surface area contributed by atoms with Gasteiger partial charge in [-0.15, -0.1) is 0 Å². The Morgan fingerprint density at radius 1 is 1.09 bits per heavy atom. The highest BCUT2D eigenvalue weighted by Gasteiger charge is 2.53. The first-order valence-electron chi connectivity index (χ1n) is 13.0. The molecule has 0 spiro atoms. The van der Waals surface area contributed by atoms with Crippen LogP contribution in [0, 0.1) is 0 Å². The molecule has 6 unspecified atom stereocenters. The number of amides is 1. The van der Waals surface area contributed by atoms with E-state index >= 15 is 0 Å². The van der Waals surface area contributed by atoms with Gasteiger partial charge >= 0.3 is 13.5 Å². The fourth-order valence-corrected chi connectivity index (χ4v) is 8.10. The highest BCUT2D eigenvalue weighted by molar-refractivity contribution is 8.44. The zero-order valence-corrected chi connectivity index (χ0v) is 26.5. The van der Waals surface area contributed by atoms with Crippen molar-refractivity contribution in [1.29, 1.82) is 0 Å². The summed E-state index contributed by atoms with van der Waals surface area (Å²) in [6.07, 6.45) is -7.13. The smallest absolute Gasteiger partial charge is 0.386 e. The highest BCUT2D eigenvalue weighted by atomic mass is 32.7. The summed E-state index contributed by atoms with van der Waals surface area (Å²) in [6.45, 7) is -6.11. The second kappa shape index (κ2) is 12.3. The van der Waals surface area contributed by atoms with Crippen LogP contribution in [-0.4, -0.2) is 114 Å². The van der Waals surface area contributed by atoms with Crippen LogP contribution in [0.5, 0.6) is 0 Å². The number of fused-ring (bicyclic) bond motifs is 3. The number of carbonyl (C=O) groups excluding carboxylic acids is 1. The maximum atomic E-state index is 13.4. The maximum Gasteiger partial charge on any atom is 0.386 e. The molecule has 244 valence electrons. The third-order valence-electron chi connectivity index (χ3n) is 7.23. The first-order chi connectivity index (χ1) is 21.3. The zero-order chi connectivity index (χ0) is 32.3. The van der Waals surface area contributed by atoms with Gasteiger partial charge in [-0.3, -0.25) is 27.5 Å². The summed E-state index contributed by atoms with van der Waals surface area (Å²) >= 11 is 9.29. The molecule has 0 radical (unpaired) electrons. The summed E-state index contributed by atoms with van der Waals surface area (Å²) in [5, 5.41) is 24.9. The Kier molecular flexibility index (Phi) is 8.89. The van der Waals surface area contributed by atoms with Crippen molar-refractivity contribution >= 4 is 73.0 Å². The molecule has 10 atom stereocenters. The molecule has 3 aromatic heterocycles. The Morgan fingerprint density at radius 3 is 2.38 bits per heavy atom. The molecule has 24 heteroatoms. The molecule has 3 aromatic rings. The number of ether oxygens (including phenoxy) is 2. The Balaban J connectivity index is 1.27. The number of aromatic nitrogens is 6. The Morgan fingerprint density at radius 2 is 1.71 bits per heavy atom. The van der Waals surface area contributed by atoms with Crippen LogP contribution in [0.3, 0.4) is 0 Å². The number of carbonyl (C=O) groups is 1. The van der Waals surface area contributed by atoms with Crippen LogP contribution in [-0.2, 0) is 43.9 Å². The fourth-order valence-electron chi connectivity index (χ4n) is 5.16. The van der Waals surface area contributed by atoms with E-state index in [2.05, 4.69) is 49.2 Å². The summed E-state index contributed by atoms with van der Waals surface area (Å²) < 4.78 is 50.3. The van der Waals surface area contributed by atoms with Crippen molar-refractivity contribution in [2.45, 2.75) is 49.1 Å². The van der Waals surface area contributed by atoms with E-state index in [0.29, 0.717) is 0 Å². The highest BCUT2D eigenvalue weighted by Crippen LogP contribution is 2.58. The van der Waals surface area contributed by atoms with Crippen LogP contribution < -0.4 is 11.1 Å². The third-order valence-corrected chi connectivity index (χ3v) is 10.4. The van der Waals surface area contributed by atoms with Gasteiger partial charge in [0.15, 0.2) is 35.4 Å². The molecule has 3 fully saturated rings. The fraction of sp³-hybridized carbons (Fsp3) is 0.524. The molecular weight excluding hydrogens is 680 g/mol. The SMILES string of the molecule is C=Nc1c(C(=O)NC)ncn1C1OC2COP(O)(=S)O[C@@H]3C(COP(=O)(S)O[C@H]2[C@H]1O)OC(n1cnc2c(N)ncnc21)[C@@H]3O. The van der Waals surface area contributed by atoms with E-state index in [0.717, 1.165) is 0 Å². The lowest BCUT2D eigenvalue weighted by Crippen LogP contribution is -2.38. The maximum absolute atomic E-state index is 13.4. The van der Waals surface area contributed by atoms with Crippen molar-refractivity contribution in [3.63, 3.8) is 0 Å². The minimum Gasteiger partial charge on any atom is -0.386 e. The van der Waals surface area contributed by atoms with Gasteiger partial charge in [0.1, 0.15) is 48.5 Å². The van der Waals surface area contributed by atoms with Gasteiger partial charge in [-0.05, 0) is 18.5 Å². The van der Waals surface area contributed by atoms with Crippen LogP contribution in [0.25, 0.3) is 11.2 Å². The number of rotatable bonds is 4. The van der Waals surface area contributed by atoms with Crippen molar-refractivity contribution in [2.24, 2.45) is 4.99 Å². The molecule has 0 aliphatic carbocycles. The van der Waals surface area contributed by atoms with E-state index in [1.165, 1.54) is 35.2 Å². The summed E-state index contributed by atoms with van der Waals surface area (Å²) in [5.74, 6) is -0.512. The first kappa shape index (κ1) is 32.5. The molecule has 6 N–H and O–H groups in total. The molecule has 45 heavy (non-hydrogen) atoms. The minimum absolute atomic E-state index is 0.0362. The molecule has 3 aliphatic rings.